The summed E-state index contributed by atoms with van der Waals surface area (Å²) in [5.41, 5.74) is 0.523. The molecule has 0 radical (unpaired) electrons. The quantitative estimate of drug-likeness (QED) is 0.279. The largest absolute Gasteiger partial charge is 0.444 e. The first kappa shape index (κ1) is 34.8. The molecule has 242 valence electrons. The lowest BCUT2D eigenvalue weighted by molar-refractivity contribution is -0.131. The van der Waals surface area contributed by atoms with Crippen LogP contribution in [0.5, 0.6) is 0 Å². The molecule has 0 aliphatic carbocycles. The molecule has 0 spiro atoms. The van der Waals surface area contributed by atoms with Crippen LogP contribution in [0, 0.1) is 6.92 Å². The molecule has 2 atom stereocenters. The molecule has 1 heterocycles. The first-order valence-electron chi connectivity index (χ1n) is 14.6. The van der Waals surface area contributed by atoms with Gasteiger partial charge in [0.1, 0.15) is 23.2 Å². The number of aryl methyl sites for hydroxylation is 1. The molecule has 12 heteroatoms. The van der Waals surface area contributed by atoms with Gasteiger partial charge in [-0.25, -0.2) is 9.78 Å². The van der Waals surface area contributed by atoms with Crippen LogP contribution < -0.4 is 16.0 Å². The molecule has 0 bridgehead atoms. The highest BCUT2D eigenvalue weighted by Crippen LogP contribution is 2.23. The van der Waals surface area contributed by atoms with Crippen molar-refractivity contribution >= 4 is 29.6 Å². The minimum absolute atomic E-state index is 0.166. The zero-order valence-electron chi connectivity index (χ0n) is 27.2. The van der Waals surface area contributed by atoms with Gasteiger partial charge in [-0.2, -0.15) is 0 Å². The third kappa shape index (κ3) is 10.5. The molecule has 12 nitrogen and oxygen atoms in total. The average Bonchev–Trinajstić information content (AvgIpc) is 3.40. The summed E-state index contributed by atoms with van der Waals surface area (Å²) in [6.07, 6.45) is 2.25. The summed E-state index contributed by atoms with van der Waals surface area (Å²) in [7, 11) is 3.34. The maximum Gasteiger partial charge on any atom is 0.408 e. The number of carbonyl (C=O) groups excluding carboxylic acids is 4. The SMILES string of the molecule is Cc1ccc(C(C(=O)N(C)C)n2cnc(NC(=O)C(COCc3ccccc3)NC(=O)C(C)(C)NC(=O)OC(C)(C)C)c2)cc1. The number of imidazole rings is 1. The molecule has 3 rings (SSSR count). The number of rotatable bonds is 12. The lowest BCUT2D eigenvalue weighted by atomic mass is 10.0. The molecule has 0 aliphatic heterocycles. The summed E-state index contributed by atoms with van der Waals surface area (Å²) >= 11 is 0. The third-order valence-corrected chi connectivity index (χ3v) is 6.62. The van der Waals surface area contributed by atoms with Crippen LogP contribution in [-0.2, 0) is 30.5 Å². The van der Waals surface area contributed by atoms with E-state index < -0.39 is 41.1 Å². The number of carbonyl (C=O) groups is 4. The Morgan fingerprint density at radius 3 is 2.20 bits per heavy atom. The normalized spacial score (nSPS) is 12.9. The highest BCUT2D eigenvalue weighted by molar-refractivity contribution is 5.98. The van der Waals surface area contributed by atoms with Crippen molar-refractivity contribution in [2.24, 2.45) is 0 Å². The molecule has 0 saturated heterocycles. The summed E-state index contributed by atoms with van der Waals surface area (Å²) in [5.74, 6) is -1.22. The molecule has 1 aromatic heterocycles. The average molecular weight is 621 g/mol. The standard InChI is InChI=1S/C33H44N6O6/c1-22-14-16-24(17-15-22)27(29(41)38(7)8)39-18-26(34-21-39)36-28(40)25(20-44-19-23-12-10-9-11-13-23)35-30(42)33(5,6)37-31(43)45-32(2,3)4/h9-18,21,25,27H,19-20H2,1-8H3,(H,35,42)(H,36,40)(H,37,43). The van der Waals surface area contributed by atoms with Crippen molar-refractivity contribution in [3.63, 3.8) is 0 Å². The molecule has 2 aromatic carbocycles. The van der Waals surface area contributed by atoms with Gasteiger partial charge in [0, 0.05) is 20.3 Å². The molecular formula is C33H44N6O6. The molecule has 0 saturated carbocycles. The van der Waals surface area contributed by atoms with E-state index in [1.54, 1.807) is 45.6 Å². The summed E-state index contributed by atoms with van der Waals surface area (Å²) in [4.78, 5) is 58.2. The molecule has 0 aliphatic rings. The van der Waals surface area contributed by atoms with Gasteiger partial charge in [0.25, 0.3) is 5.91 Å². The third-order valence-electron chi connectivity index (χ3n) is 6.62. The van der Waals surface area contributed by atoms with Crippen LogP contribution in [0.15, 0.2) is 67.1 Å². The fourth-order valence-corrected chi connectivity index (χ4v) is 4.20. The lowest BCUT2D eigenvalue weighted by Gasteiger charge is -2.29. The fourth-order valence-electron chi connectivity index (χ4n) is 4.20. The van der Waals surface area contributed by atoms with Crippen LogP contribution in [0.25, 0.3) is 0 Å². The zero-order valence-corrected chi connectivity index (χ0v) is 27.2. The van der Waals surface area contributed by atoms with Crippen molar-refractivity contribution < 1.29 is 28.7 Å². The van der Waals surface area contributed by atoms with E-state index >= 15 is 0 Å². The van der Waals surface area contributed by atoms with Gasteiger partial charge in [-0.05, 0) is 52.7 Å². The Kier molecular flexibility index (Phi) is 11.5. The number of amides is 4. The first-order chi connectivity index (χ1) is 21.1. The van der Waals surface area contributed by atoms with Gasteiger partial charge in [-0.15, -0.1) is 0 Å². The number of hydrogen-bond donors (Lipinski definition) is 3. The zero-order chi connectivity index (χ0) is 33.4. The van der Waals surface area contributed by atoms with Crippen molar-refractivity contribution in [2.45, 2.75) is 71.4 Å². The fraction of sp³-hybridized carbons (Fsp3) is 0.424. The van der Waals surface area contributed by atoms with Gasteiger partial charge < -0.3 is 34.9 Å². The van der Waals surface area contributed by atoms with Crippen LogP contribution in [0.2, 0.25) is 0 Å². The van der Waals surface area contributed by atoms with Gasteiger partial charge >= 0.3 is 6.09 Å². The number of hydrogen-bond acceptors (Lipinski definition) is 7. The second kappa shape index (κ2) is 14.8. The van der Waals surface area contributed by atoms with E-state index in [9.17, 15) is 19.2 Å². The van der Waals surface area contributed by atoms with Crippen molar-refractivity contribution in [2.75, 3.05) is 26.0 Å². The van der Waals surface area contributed by atoms with E-state index in [1.807, 2.05) is 61.5 Å². The van der Waals surface area contributed by atoms with E-state index in [2.05, 4.69) is 20.9 Å². The summed E-state index contributed by atoms with van der Waals surface area (Å²) in [5, 5.41) is 7.95. The summed E-state index contributed by atoms with van der Waals surface area (Å²) in [6.45, 7) is 10.1. The number of benzene rings is 2. The van der Waals surface area contributed by atoms with Crippen LogP contribution in [0.3, 0.4) is 0 Å². The Morgan fingerprint density at radius 1 is 0.956 bits per heavy atom. The van der Waals surface area contributed by atoms with Gasteiger partial charge in [0.15, 0.2) is 5.82 Å². The van der Waals surface area contributed by atoms with Crippen molar-refractivity contribution in [3.8, 4) is 0 Å². The van der Waals surface area contributed by atoms with Crippen molar-refractivity contribution in [3.05, 3.63) is 83.8 Å². The topological polar surface area (TPSA) is 144 Å². The molecule has 3 aromatic rings. The minimum atomic E-state index is -1.42. The maximum atomic E-state index is 13.5. The smallest absolute Gasteiger partial charge is 0.408 e. The summed E-state index contributed by atoms with van der Waals surface area (Å²) in [6, 6.07) is 15.1. The Balaban J connectivity index is 1.79. The van der Waals surface area contributed by atoms with Gasteiger partial charge in [-0.3, -0.25) is 14.4 Å². The van der Waals surface area contributed by atoms with Crippen molar-refractivity contribution in [1.82, 2.24) is 25.1 Å². The Labute approximate surface area is 264 Å². The predicted molar refractivity (Wildman–Crippen MR) is 170 cm³/mol. The van der Waals surface area contributed by atoms with Gasteiger partial charge in [-0.1, -0.05) is 60.2 Å². The first-order valence-corrected chi connectivity index (χ1v) is 14.6. The van der Waals surface area contributed by atoms with E-state index in [-0.39, 0.29) is 24.9 Å². The molecule has 0 fully saturated rings. The number of anilines is 1. The Hall–Kier alpha value is -4.71. The maximum absolute atomic E-state index is 13.5. The molecular weight excluding hydrogens is 576 g/mol. The highest BCUT2D eigenvalue weighted by atomic mass is 16.6. The van der Waals surface area contributed by atoms with E-state index in [0.717, 1.165) is 16.7 Å². The van der Waals surface area contributed by atoms with Gasteiger partial charge in [0.2, 0.25) is 11.8 Å². The molecule has 3 N–H and O–H groups in total. The number of alkyl carbamates (subject to hydrolysis) is 1. The number of aromatic nitrogens is 2. The summed E-state index contributed by atoms with van der Waals surface area (Å²) < 4.78 is 12.7. The second-order valence-electron chi connectivity index (χ2n) is 12.5. The minimum Gasteiger partial charge on any atom is -0.444 e. The van der Waals surface area contributed by atoms with Crippen LogP contribution >= 0.6 is 0 Å². The highest BCUT2D eigenvalue weighted by Gasteiger charge is 2.35. The predicted octanol–water partition coefficient (Wildman–Crippen LogP) is 3.81. The second-order valence-corrected chi connectivity index (χ2v) is 12.5. The van der Waals surface area contributed by atoms with Crippen LogP contribution in [0.4, 0.5) is 10.6 Å². The van der Waals surface area contributed by atoms with Crippen molar-refractivity contribution in [1.29, 1.82) is 0 Å². The molecule has 2 unspecified atom stereocenters. The number of nitrogens with one attached hydrogen (secondary N) is 3. The monoisotopic (exact) mass is 620 g/mol. The molecule has 4 amide bonds. The van der Waals surface area contributed by atoms with Crippen LogP contribution in [0.1, 0.15) is 57.4 Å². The Morgan fingerprint density at radius 2 is 1.60 bits per heavy atom. The van der Waals surface area contributed by atoms with E-state index in [1.165, 1.54) is 25.1 Å². The van der Waals surface area contributed by atoms with Crippen LogP contribution in [-0.4, -0.2) is 76.1 Å². The van der Waals surface area contributed by atoms with E-state index in [4.69, 9.17) is 9.47 Å². The number of likely N-dealkylation sites (N-methyl/N-ethyl adjacent to an activating group) is 1. The van der Waals surface area contributed by atoms with Gasteiger partial charge in [0.05, 0.1) is 19.5 Å². The number of nitrogens with zero attached hydrogens (tertiary/aromatic N) is 3. The van der Waals surface area contributed by atoms with E-state index in [0.29, 0.717) is 0 Å². The Bertz CT molecular complexity index is 1460. The molecule has 45 heavy (non-hydrogen) atoms. The number of ether oxygens (including phenoxy) is 2. The lowest BCUT2D eigenvalue weighted by Crippen LogP contribution is -2.59.